The minimum Gasteiger partial charge on any atom is -0.356 e. The summed E-state index contributed by atoms with van der Waals surface area (Å²) in [7, 11) is 0. The van der Waals surface area contributed by atoms with E-state index in [0.717, 1.165) is 16.9 Å². The van der Waals surface area contributed by atoms with E-state index in [1.54, 1.807) is 0 Å². The maximum absolute atomic E-state index is 8.56. The molecule has 0 spiro atoms. The van der Waals surface area contributed by atoms with E-state index in [-0.39, 0.29) is 0 Å². The molecule has 0 bridgehead atoms. The second-order valence-electron chi connectivity index (χ2n) is 3.52. The van der Waals surface area contributed by atoms with Crippen molar-refractivity contribution < 1.29 is 0 Å². The third-order valence-corrected chi connectivity index (χ3v) is 2.30. The van der Waals surface area contributed by atoms with Crippen LogP contribution >= 0.6 is 0 Å². The number of nitriles is 1. The van der Waals surface area contributed by atoms with Gasteiger partial charge in [0.1, 0.15) is 0 Å². The molecule has 2 nitrogen and oxygen atoms in total. The molecule has 0 fully saturated rings. The van der Waals surface area contributed by atoms with Gasteiger partial charge in [0, 0.05) is 11.4 Å². The molecule has 2 aromatic rings. The number of hydrogen-bond acceptors (Lipinski definition) is 2. The molecule has 2 heteroatoms. The van der Waals surface area contributed by atoms with Crippen molar-refractivity contribution in [2.45, 2.75) is 6.42 Å². The SMILES string of the molecule is N#CCc1ccc(Nc2ccccc2)cc1. The van der Waals surface area contributed by atoms with Crippen LogP contribution in [-0.4, -0.2) is 0 Å². The number of benzene rings is 2. The lowest BCUT2D eigenvalue weighted by Gasteiger charge is -2.06. The van der Waals surface area contributed by atoms with Crippen LogP contribution in [0, 0.1) is 11.3 Å². The van der Waals surface area contributed by atoms with Crippen molar-refractivity contribution in [3.05, 3.63) is 60.2 Å². The van der Waals surface area contributed by atoms with Gasteiger partial charge in [-0.2, -0.15) is 5.26 Å². The van der Waals surface area contributed by atoms with Crippen molar-refractivity contribution in [2.24, 2.45) is 0 Å². The summed E-state index contributed by atoms with van der Waals surface area (Å²) >= 11 is 0. The summed E-state index contributed by atoms with van der Waals surface area (Å²) in [5.74, 6) is 0. The summed E-state index contributed by atoms with van der Waals surface area (Å²) < 4.78 is 0. The minimum absolute atomic E-state index is 0.464. The summed E-state index contributed by atoms with van der Waals surface area (Å²) in [5.41, 5.74) is 3.14. The van der Waals surface area contributed by atoms with Crippen molar-refractivity contribution in [1.82, 2.24) is 0 Å². The highest BCUT2D eigenvalue weighted by atomic mass is 14.9. The first kappa shape index (κ1) is 10.3. The molecule has 2 rings (SSSR count). The van der Waals surface area contributed by atoms with Crippen LogP contribution in [0.3, 0.4) is 0 Å². The van der Waals surface area contributed by atoms with Crippen LogP contribution in [0.15, 0.2) is 54.6 Å². The fourth-order valence-electron chi connectivity index (χ4n) is 1.49. The number of nitrogens with zero attached hydrogens (tertiary/aromatic N) is 1. The predicted octanol–water partition coefficient (Wildman–Crippen LogP) is 3.50. The zero-order valence-electron chi connectivity index (χ0n) is 8.85. The molecule has 0 saturated carbocycles. The van der Waals surface area contributed by atoms with E-state index in [1.807, 2.05) is 54.6 Å². The molecular formula is C14H12N2. The molecular weight excluding hydrogens is 196 g/mol. The van der Waals surface area contributed by atoms with Crippen LogP contribution < -0.4 is 5.32 Å². The van der Waals surface area contributed by atoms with Gasteiger partial charge in [-0.25, -0.2) is 0 Å². The van der Waals surface area contributed by atoms with E-state index < -0.39 is 0 Å². The molecule has 2 aromatic carbocycles. The lowest BCUT2D eigenvalue weighted by Crippen LogP contribution is -1.90. The number of hydrogen-bond donors (Lipinski definition) is 1. The highest BCUT2D eigenvalue weighted by Crippen LogP contribution is 2.16. The summed E-state index contributed by atoms with van der Waals surface area (Å²) in [6.45, 7) is 0. The van der Waals surface area contributed by atoms with Gasteiger partial charge >= 0.3 is 0 Å². The Labute approximate surface area is 95.2 Å². The first-order valence-electron chi connectivity index (χ1n) is 5.16. The Hall–Kier alpha value is -2.27. The third kappa shape index (κ3) is 2.61. The molecule has 0 aliphatic rings. The molecule has 16 heavy (non-hydrogen) atoms. The van der Waals surface area contributed by atoms with E-state index in [4.69, 9.17) is 5.26 Å². The maximum atomic E-state index is 8.56. The second kappa shape index (κ2) is 4.99. The van der Waals surface area contributed by atoms with Gasteiger partial charge in [-0.05, 0) is 29.8 Å². The van der Waals surface area contributed by atoms with E-state index in [2.05, 4.69) is 11.4 Å². The highest BCUT2D eigenvalue weighted by Gasteiger charge is 1.94. The summed E-state index contributed by atoms with van der Waals surface area (Å²) in [6, 6.07) is 20.0. The second-order valence-corrected chi connectivity index (χ2v) is 3.52. The largest absolute Gasteiger partial charge is 0.356 e. The molecule has 0 amide bonds. The fourth-order valence-corrected chi connectivity index (χ4v) is 1.49. The highest BCUT2D eigenvalue weighted by molar-refractivity contribution is 5.59. The molecule has 0 aliphatic carbocycles. The molecule has 0 aromatic heterocycles. The van der Waals surface area contributed by atoms with E-state index in [1.165, 1.54) is 0 Å². The molecule has 1 N–H and O–H groups in total. The van der Waals surface area contributed by atoms with Gasteiger partial charge in [-0.3, -0.25) is 0 Å². The van der Waals surface area contributed by atoms with Crippen molar-refractivity contribution >= 4 is 11.4 Å². The lowest BCUT2D eigenvalue weighted by atomic mass is 10.1. The average Bonchev–Trinajstić information content (AvgIpc) is 2.33. The molecule has 0 radical (unpaired) electrons. The average molecular weight is 208 g/mol. The van der Waals surface area contributed by atoms with Gasteiger partial charge in [0.25, 0.3) is 0 Å². The third-order valence-electron chi connectivity index (χ3n) is 2.30. The summed E-state index contributed by atoms with van der Waals surface area (Å²) in [4.78, 5) is 0. The predicted molar refractivity (Wildman–Crippen MR) is 65.5 cm³/mol. The topological polar surface area (TPSA) is 35.8 Å². The standard InChI is InChI=1S/C14H12N2/c15-11-10-12-6-8-14(9-7-12)16-13-4-2-1-3-5-13/h1-9,16H,10H2. The Bertz CT molecular complexity index is 480. The van der Waals surface area contributed by atoms with Gasteiger partial charge in [0.05, 0.1) is 12.5 Å². The van der Waals surface area contributed by atoms with Gasteiger partial charge < -0.3 is 5.32 Å². The summed E-state index contributed by atoms with van der Waals surface area (Å²) in [5, 5.41) is 11.8. The van der Waals surface area contributed by atoms with E-state index in [0.29, 0.717) is 6.42 Å². The van der Waals surface area contributed by atoms with Crippen LogP contribution in [0.1, 0.15) is 5.56 Å². The Kier molecular flexibility index (Phi) is 3.20. The fraction of sp³-hybridized carbons (Fsp3) is 0.0714. The number of rotatable bonds is 3. The summed E-state index contributed by atoms with van der Waals surface area (Å²) in [6.07, 6.45) is 0.464. The number of anilines is 2. The smallest absolute Gasteiger partial charge is 0.0669 e. The van der Waals surface area contributed by atoms with E-state index >= 15 is 0 Å². The van der Waals surface area contributed by atoms with Crippen LogP contribution in [0.25, 0.3) is 0 Å². The van der Waals surface area contributed by atoms with Crippen LogP contribution in [-0.2, 0) is 6.42 Å². The first-order chi connectivity index (χ1) is 7.88. The van der Waals surface area contributed by atoms with Crippen molar-refractivity contribution in [1.29, 1.82) is 5.26 Å². The quantitative estimate of drug-likeness (QED) is 0.838. The molecule has 0 heterocycles. The Morgan fingerprint density at radius 2 is 1.50 bits per heavy atom. The normalized spacial score (nSPS) is 9.44. The van der Waals surface area contributed by atoms with Crippen LogP contribution in [0.5, 0.6) is 0 Å². The molecule has 0 atom stereocenters. The van der Waals surface area contributed by atoms with Crippen molar-refractivity contribution in [3.8, 4) is 6.07 Å². The van der Waals surface area contributed by atoms with E-state index in [9.17, 15) is 0 Å². The molecule has 0 unspecified atom stereocenters. The Morgan fingerprint density at radius 1 is 0.875 bits per heavy atom. The molecule has 0 saturated heterocycles. The van der Waals surface area contributed by atoms with Crippen LogP contribution in [0.4, 0.5) is 11.4 Å². The molecule has 0 aliphatic heterocycles. The maximum Gasteiger partial charge on any atom is 0.0669 e. The number of nitrogens with one attached hydrogen (secondary N) is 1. The van der Waals surface area contributed by atoms with Gasteiger partial charge in [-0.15, -0.1) is 0 Å². The zero-order chi connectivity index (χ0) is 11.2. The van der Waals surface area contributed by atoms with Gasteiger partial charge in [-0.1, -0.05) is 30.3 Å². The van der Waals surface area contributed by atoms with Crippen molar-refractivity contribution in [2.75, 3.05) is 5.32 Å². The van der Waals surface area contributed by atoms with Gasteiger partial charge in [0.2, 0.25) is 0 Å². The zero-order valence-corrected chi connectivity index (χ0v) is 8.85. The van der Waals surface area contributed by atoms with Crippen LogP contribution in [0.2, 0.25) is 0 Å². The minimum atomic E-state index is 0.464. The number of para-hydroxylation sites is 1. The Balaban J connectivity index is 2.09. The monoisotopic (exact) mass is 208 g/mol. The van der Waals surface area contributed by atoms with Gasteiger partial charge in [0.15, 0.2) is 0 Å². The first-order valence-corrected chi connectivity index (χ1v) is 5.16. The van der Waals surface area contributed by atoms with Crippen molar-refractivity contribution in [3.63, 3.8) is 0 Å². The molecule has 78 valence electrons. The Morgan fingerprint density at radius 3 is 2.12 bits per heavy atom. The lowest BCUT2D eigenvalue weighted by molar-refractivity contribution is 1.26.